The fourth-order valence-corrected chi connectivity index (χ4v) is 1.83. The summed E-state index contributed by atoms with van der Waals surface area (Å²) in [5, 5.41) is 11.1. The Hall–Kier alpha value is -2.62. The van der Waals surface area contributed by atoms with E-state index in [0.29, 0.717) is 5.56 Å². The largest absolute Gasteiger partial charge is 0.481 e. The van der Waals surface area contributed by atoms with Gasteiger partial charge in [0.2, 0.25) is 0 Å². The molecule has 0 spiro atoms. The molecule has 0 bridgehead atoms. The summed E-state index contributed by atoms with van der Waals surface area (Å²) in [6.07, 6.45) is -0.0756. The SMILES string of the molecule is O=C(O)CCNC(=O)c1ccc(-c2ccccc2)cc1. The average Bonchev–Trinajstić information content (AvgIpc) is 2.48. The molecule has 0 aromatic heterocycles. The molecule has 0 fully saturated rings. The zero-order chi connectivity index (χ0) is 14.4. The van der Waals surface area contributed by atoms with E-state index in [1.54, 1.807) is 12.1 Å². The van der Waals surface area contributed by atoms with Crippen molar-refractivity contribution >= 4 is 11.9 Å². The molecule has 0 aliphatic rings. The summed E-state index contributed by atoms with van der Waals surface area (Å²) in [5.74, 6) is -1.18. The number of rotatable bonds is 5. The highest BCUT2D eigenvalue weighted by molar-refractivity contribution is 5.94. The summed E-state index contributed by atoms with van der Waals surface area (Å²) >= 11 is 0. The summed E-state index contributed by atoms with van der Waals surface area (Å²) < 4.78 is 0. The third-order valence-electron chi connectivity index (χ3n) is 2.88. The van der Waals surface area contributed by atoms with E-state index in [1.165, 1.54) is 0 Å². The Morgan fingerprint density at radius 1 is 0.900 bits per heavy atom. The van der Waals surface area contributed by atoms with E-state index in [1.807, 2.05) is 42.5 Å². The second kappa shape index (κ2) is 6.52. The van der Waals surface area contributed by atoms with Crippen LogP contribution in [-0.2, 0) is 4.79 Å². The molecule has 0 heterocycles. The lowest BCUT2D eigenvalue weighted by atomic mass is 10.0. The van der Waals surface area contributed by atoms with Gasteiger partial charge < -0.3 is 10.4 Å². The predicted molar refractivity (Wildman–Crippen MR) is 76.5 cm³/mol. The van der Waals surface area contributed by atoms with Crippen molar-refractivity contribution in [1.29, 1.82) is 0 Å². The van der Waals surface area contributed by atoms with Gasteiger partial charge in [-0.15, -0.1) is 0 Å². The van der Waals surface area contributed by atoms with Gasteiger partial charge in [-0.25, -0.2) is 0 Å². The number of amides is 1. The molecule has 1 amide bonds. The Kier molecular flexibility index (Phi) is 4.50. The maximum absolute atomic E-state index is 11.8. The molecular weight excluding hydrogens is 254 g/mol. The Morgan fingerprint density at radius 3 is 2.10 bits per heavy atom. The van der Waals surface area contributed by atoms with E-state index >= 15 is 0 Å². The van der Waals surface area contributed by atoms with Gasteiger partial charge in [-0.05, 0) is 23.3 Å². The topological polar surface area (TPSA) is 66.4 Å². The van der Waals surface area contributed by atoms with Gasteiger partial charge in [0.05, 0.1) is 6.42 Å². The number of benzene rings is 2. The summed E-state index contributed by atoms with van der Waals surface area (Å²) in [6, 6.07) is 17.1. The number of hydrogen-bond donors (Lipinski definition) is 2. The van der Waals surface area contributed by atoms with Crippen molar-refractivity contribution in [1.82, 2.24) is 5.32 Å². The first-order chi connectivity index (χ1) is 9.66. The number of hydrogen-bond acceptors (Lipinski definition) is 2. The molecule has 0 saturated carbocycles. The van der Waals surface area contributed by atoms with Crippen LogP contribution in [0.3, 0.4) is 0 Å². The van der Waals surface area contributed by atoms with Crippen molar-refractivity contribution in [3.05, 3.63) is 60.2 Å². The highest BCUT2D eigenvalue weighted by Gasteiger charge is 2.06. The minimum atomic E-state index is -0.926. The van der Waals surface area contributed by atoms with Crippen molar-refractivity contribution < 1.29 is 14.7 Å². The van der Waals surface area contributed by atoms with E-state index < -0.39 is 5.97 Å². The first-order valence-electron chi connectivity index (χ1n) is 6.32. The van der Waals surface area contributed by atoms with E-state index in [-0.39, 0.29) is 18.9 Å². The summed E-state index contributed by atoms with van der Waals surface area (Å²) in [4.78, 5) is 22.1. The van der Waals surface area contributed by atoms with Gasteiger partial charge in [0, 0.05) is 12.1 Å². The highest BCUT2D eigenvalue weighted by Crippen LogP contribution is 2.19. The van der Waals surface area contributed by atoms with E-state index in [4.69, 9.17) is 5.11 Å². The molecule has 0 aliphatic carbocycles. The molecule has 2 aromatic rings. The van der Waals surface area contributed by atoms with Crippen LogP contribution in [0.4, 0.5) is 0 Å². The van der Waals surface area contributed by atoms with Crippen LogP contribution < -0.4 is 5.32 Å². The third kappa shape index (κ3) is 3.68. The molecule has 0 atom stereocenters. The lowest BCUT2D eigenvalue weighted by Gasteiger charge is -2.05. The van der Waals surface area contributed by atoms with Gasteiger partial charge in [0.25, 0.3) is 5.91 Å². The number of aliphatic carboxylic acids is 1. The van der Waals surface area contributed by atoms with Crippen LogP contribution in [0.2, 0.25) is 0 Å². The Morgan fingerprint density at radius 2 is 1.50 bits per heavy atom. The van der Waals surface area contributed by atoms with Gasteiger partial charge >= 0.3 is 5.97 Å². The van der Waals surface area contributed by atoms with Crippen LogP contribution in [-0.4, -0.2) is 23.5 Å². The smallest absolute Gasteiger partial charge is 0.305 e. The molecule has 2 N–H and O–H groups in total. The van der Waals surface area contributed by atoms with Gasteiger partial charge in [-0.3, -0.25) is 9.59 Å². The van der Waals surface area contributed by atoms with Gasteiger partial charge in [0.15, 0.2) is 0 Å². The predicted octanol–water partition coefficient (Wildman–Crippen LogP) is 2.56. The molecule has 0 saturated heterocycles. The maximum Gasteiger partial charge on any atom is 0.305 e. The lowest BCUT2D eigenvalue weighted by molar-refractivity contribution is -0.136. The highest BCUT2D eigenvalue weighted by atomic mass is 16.4. The molecule has 0 aliphatic heterocycles. The number of carboxylic acid groups (broad SMARTS) is 1. The molecule has 2 rings (SSSR count). The number of carbonyl (C=O) groups excluding carboxylic acids is 1. The zero-order valence-corrected chi connectivity index (χ0v) is 10.9. The Bertz CT molecular complexity index is 591. The third-order valence-corrected chi connectivity index (χ3v) is 2.88. The maximum atomic E-state index is 11.8. The molecule has 102 valence electrons. The van der Waals surface area contributed by atoms with Crippen LogP contribution in [0.25, 0.3) is 11.1 Å². The molecule has 4 heteroatoms. The van der Waals surface area contributed by atoms with Gasteiger partial charge in [-0.2, -0.15) is 0 Å². The summed E-state index contributed by atoms with van der Waals surface area (Å²) in [7, 11) is 0. The summed E-state index contributed by atoms with van der Waals surface area (Å²) in [6.45, 7) is 0.134. The summed E-state index contributed by atoms with van der Waals surface area (Å²) in [5.41, 5.74) is 2.65. The number of nitrogens with one attached hydrogen (secondary N) is 1. The van der Waals surface area contributed by atoms with Crippen molar-refractivity contribution in [2.24, 2.45) is 0 Å². The van der Waals surface area contributed by atoms with Gasteiger partial charge in [-0.1, -0.05) is 42.5 Å². The minimum Gasteiger partial charge on any atom is -0.481 e. The van der Waals surface area contributed by atoms with E-state index in [9.17, 15) is 9.59 Å². The standard InChI is InChI=1S/C16H15NO3/c18-15(19)10-11-17-16(20)14-8-6-13(7-9-14)12-4-2-1-3-5-12/h1-9H,10-11H2,(H,17,20)(H,18,19). The quantitative estimate of drug-likeness (QED) is 0.876. The Balaban J connectivity index is 2.01. The van der Waals surface area contributed by atoms with Crippen LogP contribution in [0.15, 0.2) is 54.6 Å². The fourth-order valence-electron chi connectivity index (χ4n) is 1.83. The van der Waals surface area contributed by atoms with Crippen LogP contribution >= 0.6 is 0 Å². The van der Waals surface area contributed by atoms with Gasteiger partial charge in [0.1, 0.15) is 0 Å². The van der Waals surface area contributed by atoms with Crippen molar-refractivity contribution in [2.45, 2.75) is 6.42 Å². The average molecular weight is 269 g/mol. The van der Waals surface area contributed by atoms with Crippen LogP contribution in [0.5, 0.6) is 0 Å². The molecule has 20 heavy (non-hydrogen) atoms. The monoisotopic (exact) mass is 269 g/mol. The second-order valence-electron chi connectivity index (χ2n) is 4.34. The van der Waals surface area contributed by atoms with Crippen LogP contribution in [0.1, 0.15) is 16.8 Å². The first-order valence-corrected chi connectivity index (χ1v) is 6.32. The number of carbonyl (C=O) groups is 2. The van der Waals surface area contributed by atoms with E-state index in [0.717, 1.165) is 11.1 Å². The zero-order valence-electron chi connectivity index (χ0n) is 10.9. The van der Waals surface area contributed by atoms with Crippen molar-refractivity contribution in [3.63, 3.8) is 0 Å². The second-order valence-corrected chi connectivity index (χ2v) is 4.34. The van der Waals surface area contributed by atoms with Crippen molar-refractivity contribution in [2.75, 3.05) is 6.54 Å². The molecule has 4 nitrogen and oxygen atoms in total. The lowest BCUT2D eigenvalue weighted by Crippen LogP contribution is -2.25. The normalized spacial score (nSPS) is 10.0. The fraction of sp³-hybridized carbons (Fsp3) is 0.125. The molecule has 0 unspecified atom stereocenters. The minimum absolute atomic E-state index is 0.0756. The molecular formula is C16H15NO3. The number of carboxylic acids is 1. The molecule has 2 aromatic carbocycles. The molecule has 0 radical (unpaired) electrons. The first kappa shape index (κ1) is 13.8. The van der Waals surface area contributed by atoms with E-state index in [2.05, 4.69) is 5.32 Å². The van der Waals surface area contributed by atoms with Crippen molar-refractivity contribution in [3.8, 4) is 11.1 Å². The Labute approximate surface area is 117 Å². The van der Waals surface area contributed by atoms with Crippen LogP contribution in [0, 0.1) is 0 Å².